The van der Waals surface area contributed by atoms with E-state index in [1.54, 1.807) is 24.4 Å². The van der Waals surface area contributed by atoms with E-state index in [1.807, 2.05) is 26.0 Å². The lowest BCUT2D eigenvalue weighted by Gasteiger charge is -2.09. The van der Waals surface area contributed by atoms with Crippen LogP contribution in [0.25, 0.3) is 0 Å². The van der Waals surface area contributed by atoms with Crippen molar-refractivity contribution in [2.24, 2.45) is 0 Å². The van der Waals surface area contributed by atoms with Gasteiger partial charge in [0.05, 0.1) is 12.2 Å². The second-order valence-electron chi connectivity index (χ2n) is 6.13. The SMILES string of the molecule is CCOc1ccc(C(=O)NCCNc2cc(Nc3cc(C)ccn3)ncn2)cn1. The van der Waals surface area contributed by atoms with Crippen LogP contribution in [-0.4, -0.2) is 45.5 Å². The standard InChI is InChI=1S/C20H23N7O2/c1-3-29-19-5-4-15(12-24-19)20(28)23-9-8-22-16-11-18(26-13-25-16)27-17-10-14(2)6-7-21-17/h4-7,10-13H,3,8-9H2,1-2H3,(H,23,28)(H2,21,22,25,26,27). The van der Waals surface area contributed by atoms with E-state index < -0.39 is 0 Å². The van der Waals surface area contributed by atoms with E-state index in [0.717, 1.165) is 5.56 Å². The number of hydrogen-bond donors (Lipinski definition) is 3. The van der Waals surface area contributed by atoms with Gasteiger partial charge in [-0.05, 0) is 37.6 Å². The van der Waals surface area contributed by atoms with Gasteiger partial charge in [0.2, 0.25) is 5.88 Å². The molecule has 9 heteroatoms. The van der Waals surface area contributed by atoms with Crippen molar-refractivity contribution in [1.82, 2.24) is 25.3 Å². The van der Waals surface area contributed by atoms with Crippen molar-refractivity contribution in [2.75, 3.05) is 30.3 Å². The van der Waals surface area contributed by atoms with Gasteiger partial charge < -0.3 is 20.7 Å². The highest BCUT2D eigenvalue weighted by molar-refractivity contribution is 5.93. The van der Waals surface area contributed by atoms with Crippen molar-refractivity contribution >= 4 is 23.4 Å². The van der Waals surface area contributed by atoms with E-state index in [0.29, 0.717) is 48.6 Å². The third-order valence-electron chi connectivity index (χ3n) is 3.85. The molecular weight excluding hydrogens is 370 g/mol. The number of hydrogen-bond acceptors (Lipinski definition) is 8. The first-order chi connectivity index (χ1) is 14.1. The number of ether oxygens (including phenoxy) is 1. The molecule has 3 aromatic heterocycles. The molecule has 0 saturated heterocycles. The minimum atomic E-state index is -0.196. The summed E-state index contributed by atoms with van der Waals surface area (Å²) in [6.07, 6.45) is 4.70. The lowest BCUT2D eigenvalue weighted by molar-refractivity contribution is 0.0954. The van der Waals surface area contributed by atoms with Crippen molar-refractivity contribution in [3.8, 4) is 5.88 Å². The molecule has 0 atom stereocenters. The molecule has 0 unspecified atom stereocenters. The fourth-order valence-corrected chi connectivity index (χ4v) is 2.47. The fourth-order valence-electron chi connectivity index (χ4n) is 2.47. The van der Waals surface area contributed by atoms with Gasteiger partial charge in [0, 0.05) is 37.6 Å². The van der Waals surface area contributed by atoms with Gasteiger partial charge >= 0.3 is 0 Å². The molecule has 150 valence electrons. The molecule has 1 amide bonds. The average Bonchev–Trinajstić information content (AvgIpc) is 2.72. The number of anilines is 3. The molecule has 0 radical (unpaired) electrons. The molecule has 3 aromatic rings. The van der Waals surface area contributed by atoms with Gasteiger partial charge in [0.1, 0.15) is 23.8 Å². The van der Waals surface area contributed by atoms with Gasteiger partial charge in [0.25, 0.3) is 5.91 Å². The Bertz CT molecular complexity index is 948. The highest BCUT2D eigenvalue weighted by Gasteiger charge is 2.06. The van der Waals surface area contributed by atoms with Gasteiger partial charge in [-0.1, -0.05) is 0 Å². The van der Waals surface area contributed by atoms with Gasteiger partial charge in [-0.3, -0.25) is 4.79 Å². The Balaban J connectivity index is 1.46. The predicted molar refractivity (Wildman–Crippen MR) is 111 cm³/mol. The summed E-state index contributed by atoms with van der Waals surface area (Å²) >= 11 is 0. The molecule has 3 N–H and O–H groups in total. The Labute approximate surface area is 169 Å². The third kappa shape index (κ3) is 6.13. The van der Waals surface area contributed by atoms with Crippen LogP contribution in [0.4, 0.5) is 17.5 Å². The van der Waals surface area contributed by atoms with Crippen molar-refractivity contribution in [3.05, 3.63) is 60.2 Å². The molecule has 3 rings (SSSR count). The Morgan fingerprint density at radius 2 is 1.83 bits per heavy atom. The molecule has 0 fully saturated rings. The summed E-state index contributed by atoms with van der Waals surface area (Å²) in [4.78, 5) is 28.9. The predicted octanol–water partition coefficient (Wildman–Crippen LogP) is 2.56. The zero-order chi connectivity index (χ0) is 20.5. The molecule has 0 aliphatic heterocycles. The lowest BCUT2D eigenvalue weighted by Crippen LogP contribution is -2.29. The summed E-state index contributed by atoms with van der Waals surface area (Å²) < 4.78 is 5.27. The molecule has 29 heavy (non-hydrogen) atoms. The molecule has 0 saturated carbocycles. The monoisotopic (exact) mass is 393 g/mol. The zero-order valence-corrected chi connectivity index (χ0v) is 16.3. The van der Waals surface area contributed by atoms with Crippen LogP contribution in [-0.2, 0) is 0 Å². The second-order valence-corrected chi connectivity index (χ2v) is 6.13. The van der Waals surface area contributed by atoms with Crippen LogP contribution in [0.1, 0.15) is 22.8 Å². The summed E-state index contributed by atoms with van der Waals surface area (Å²) in [6.45, 7) is 5.35. The lowest BCUT2D eigenvalue weighted by atomic mass is 10.2. The first kappa shape index (κ1) is 20.0. The molecule has 9 nitrogen and oxygen atoms in total. The zero-order valence-electron chi connectivity index (χ0n) is 16.3. The smallest absolute Gasteiger partial charge is 0.252 e. The Morgan fingerprint density at radius 3 is 2.59 bits per heavy atom. The third-order valence-corrected chi connectivity index (χ3v) is 3.85. The highest BCUT2D eigenvalue weighted by Crippen LogP contribution is 2.15. The first-order valence-electron chi connectivity index (χ1n) is 9.26. The van der Waals surface area contributed by atoms with E-state index >= 15 is 0 Å². The molecular formula is C20H23N7O2. The van der Waals surface area contributed by atoms with Crippen LogP contribution in [0.5, 0.6) is 5.88 Å². The van der Waals surface area contributed by atoms with Crippen molar-refractivity contribution < 1.29 is 9.53 Å². The summed E-state index contributed by atoms with van der Waals surface area (Å²) in [5.41, 5.74) is 1.58. The van der Waals surface area contributed by atoms with E-state index in [4.69, 9.17) is 4.74 Å². The maximum absolute atomic E-state index is 12.1. The summed E-state index contributed by atoms with van der Waals surface area (Å²) in [6, 6.07) is 9.00. The molecule has 3 heterocycles. The number of nitrogens with zero attached hydrogens (tertiary/aromatic N) is 4. The van der Waals surface area contributed by atoms with E-state index in [1.165, 1.54) is 12.5 Å². The van der Waals surface area contributed by atoms with Crippen LogP contribution in [0, 0.1) is 6.92 Å². The van der Waals surface area contributed by atoms with Crippen molar-refractivity contribution in [1.29, 1.82) is 0 Å². The minimum absolute atomic E-state index is 0.196. The van der Waals surface area contributed by atoms with Crippen LogP contribution in [0.15, 0.2) is 49.1 Å². The number of amides is 1. The van der Waals surface area contributed by atoms with Gasteiger partial charge in [-0.25, -0.2) is 19.9 Å². The Morgan fingerprint density at radius 1 is 1.00 bits per heavy atom. The number of nitrogens with one attached hydrogen (secondary N) is 3. The molecule has 0 aromatic carbocycles. The van der Waals surface area contributed by atoms with Crippen molar-refractivity contribution in [2.45, 2.75) is 13.8 Å². The van der Waals surface area contributed by atoms with Crippen LogP contribution >= 0.6 is 0 Å². The van der Waals surface area contributed by atoms with Crippen molar-refractivity contribution in [3.63, 3.8) is 0 Å². The van der Waals surface area contributed by atoms with Crippen LogP contribution in [0.2, 0.25) is 0 Å². The normalized spacial score (nSPS) is 10.3. The number of aromatic nitrogens is 4. The quantitative estimate of drug-likeness (QED) is 0.475. The molecule has 0 bridgehead atoms. The Hall–Kier alpha value is -3.75. The largest absolute Gasteiger partial charge is 0.478 e. The summed E-state index contributed by atoms with van der Waals surface area (Å²) in [5.74, 6) is 2.29. The number of carbonyl (C=O) groups is 1. The number of pyridine rings is 2. The fraction of sp³-hybridized carbons (Fsp3) is 0.250. The first-order valence-corrected chi connectivity index (χ1v) is 9.26. The number of carbonyl (C=O) groups excluding carboxylic acids is 1. The molecule has 0 aliphatic rings. The van der Waals surface area contributed by atoms with Gasteiger partial charge in [0.15, 0.2) is 0 Å². The average molecular weight is 393 g/mol. The van der Waals surface area contributed by atoms with E-state index in [2.05, 4.69) is 35.9 Å². The van der Waals surface area contributed by atoms with Gasteiger partial charge in [-0.2, -0.15) is 0 Å². The topological polar surface area (TPSA) is 114 Å². The van der Waals surface area contributed by atoms with E-state index in [-0.39, 0.29) is 5.91 Å². The maximum atomic E-state index is 12.1. The molecule has 0 aliphatic carbocycles. The van der Waals surface area contributed by atoms with Gasteiger partial charge in [-0.15, -0.1) is 0 Å². The van der Waals surface area contributed by atoms with Crippen LogP contribution in [0.3, 0.4) is 0 Å². The molecule has 0 spiro atoms. The van der Waals surface area contributed by atoms with E-state index in [9.17, 15) is 4.79 Å². The highest BCUT2D eigenvalue weighted by atomic mass is 16.5. The second kappa shape index (κ2) is 9.98. The summed E-state index contributed by atoms with van der Waals surface area (Å²) in [5, 5.41) is 9.12. The number of aryl methyl sites for hydroxylation is 1. The van der Waals surface area contributed by atoms with Crippen LogP contribution < -0.4 is 20.7 Å². The minimum Gasteiger partial charge on any atom is -0.478 e. The number of rotatable bonds is 9. The maximum Gasteiger partial charge on any atom is 0.252 e. The Kier molecular flexibility index (Phi) is 6.88. The summed E-state index contributed by atoms with van der Waals surface area (Å²) in [7, 11) is 0.